The number of anilines is 1. The number of aryl methyl sites for hydroxylation is 3. The molecule has 28 heavy (non-hydrogen) atoms. The number of rotatable bonds is 5. The maximum Gasteiger partial charge on any atom is 0.269 e. The molecule has 7 heteroatoms. The SMILES string of the molecule is Cc1cc(C)c(N/C=C(/C#N)c2nc(-c3ccc([N+](=O)[O-])cc3)cs2)c(C)c1. The van der Waals surface area contributed by atoms with Gasteiger partial charge in [-0.15, -0.1) is 11.3 Å². The quantitative estimate of drug-likeness (QED) is 0.347. The van der Waals surface area contributed by atoms with E-state index in [0.29, 0.717) is 16.3 Å². The molecular formula is C21H18N4O2S. The van der Waals surface area contributed by atoms with Gasteiger partial charge in [0.05, 0.1) is 10.6 Å². The average molecular weight is 390 g/mol. The number of nitro benzene ring substituents is 1. The molecule has 6 nitrogen and oxygen atoms in total. The van der Waals surface area contributed by atoms with Crippen LogP contribution in [0, 0.1) is 42.2 Å². The van der Waals surface area contributed by atoms with Crippen LogP contribution in [-0.2, 0) is 0 Å². The van der Waals surface area contributed by atoms with Gasteiger partial charge in [0.1, 0.15) is 16.6 Å². The van der Waals surface area contributed by atoms with Crippen LogP contribution in [0.1, 0.15) is 21.7 Å². The maximum atomic E-state index is 10.8. The van der Waals surface area contributed by atoms with E-state index in [2.05, 4.69) is 35.4 Å². The number of thiazole rings is 1. The first-order chi connectivity index (χ1) is 13.4. The van der Waals surface area contributed by atoms with Gasteiger partial charge >= 0.3 is 0 Å². The van der Waals surface area contributed by atoms with E-state index in [1.165, 1.54) is 29.0 Å². The average Bonchev–Trinajstić information content (AvgIpc) is 3.14. The van der Waals surface area contributed by atoms with Crippen LogP contribution in [0.25, 0.3) is 16.8 Å². The highest BCUT2D eigenvalue weighted by atomic mass is 32.1. The summed E-state index contributed by atoms with van der Waals surface area (Å²) in [6.07, 6.45) is 1.67. The van der Waals surface area contributed by atoms with E-state index in [0.717, 1.165) is 22.4 Å². The fourth-order valence-corrected chi connectivity index (χ4v) is 3.77. The van der Waals surface area contributed by atoms with Gasteiger partial charge in [-0.1, -0.05) is 17.7 Å². The molecule has 0 aliphatic carbocycles. The van der Waals surface area contributed by atoms with Crippen LogP contribution in [0.15, 0.2) is 48.0 Å². The van der Waals surface area contributed by atoms with E-state index in [1.54, 1.807) is 18.3 Å². The molecule has 0 bridgehead atoms. The molecule has 140 valence electrons. The van der Waals surface area contributed by atoms with Crippen molar-refractivity contribution in [1.29, 1.82) is 5.26 Å². The van der Waals surface area contributed by atoms with Crippen molar-refractivity contribution in [2.75, 3.05) is 5.32 Å². The number of nitrogens with one attached hydrogen (secondary N) is 1. The molecule has 0 unspecified atom stereocenters. The molecule has 1 N–H and O–H groups in total. The Bertz CT molecular complexity index is 1090. The number of nitriles is 1. The lowest BCUT2D eigenvalue weighted by atomic mass is 10.1. The minimum Gasteiger partial charge on any atom is -0.360 e. The van der Waals surface area contributed by atoms with Crippen LogP contribution in [0.4, 0.5) is 11.4 Å². The minimum absolute atomic E-state index is 0.0323. The Labute approximate surface area is 167 Å². The predicted octanol–water partition coefficient (Wildman–Crippen LogP) is 5.62. The van der Waals surface area contributed by atoms with Gasteiger partial charge in [-0.3, -0.25) is 10.1 Å². The summed E-state index contributed by atoms with van der Waals surface area (Å²) >= 11 is 1.36. The van der Waals surface area contributed by atoms with E-state index in [4.69, 9.17) is 0 Å². The summed E-state index contributed by atoms with van der Waals surface area (Å²) in [5.41, 5.74) is 6.29. The van der Waals surface area contributed by atoms with E-state index < -0.39 is 4.92 Å². The molecule has 2 aromatic carbocycles. The maximum absolute atomic E-state index is 10.8. The Morgan fingerprint density at radius 3 is 2.43 bits per heavy atom. The molecule has 0 atom stereocenters. The molecule has 1 aromatic heterocycles. The van der Waals surface area contributed by atoms with Crippen LogP contribution >= 0.6 is 11.3 Å². The summed E-state index contributed by atoms with van der Waals surface area (Å²) < 4.78 is 0. The van der Waals surface area contributed by atoms with Gasteiger partial charge in [0.2, 0.25) is 0 Å². The summed E-state index contributed by atoms with van der Waals surface area (Å²) in [4.78, 5) is 14.9. The normalized spacial score (nSPS) is 11.1. The zero-order valence-electron chi connectivity index (χ0n) is 15.7. The highest BCUT2D eigenvalue weighted by Gasteiger charge is 2.11. The number of allylic oxidation sites excluding steroid dienone is 1. The zero-order chi connectivity index (χ0) is 20.3. The smallest absolute Gasteiger partial charge is 0.269 e. The molecule has 1 heterocycles. The lowest BCUT2D eigenvalue weighted by Crippen LogP contribution is -1.97. The molecule has 0 aliphatic rings. The largest absolute Gasteiger partial charge is 0.360 e. The summed E-state index contributed by atoms with van der Waals surface area (Å²) in [5, 5.41) is 26.0. The Morgan fingerprint density at radius 2 is 1.86 bits per heavy atom. The van der Waals surface area contributed by atoms with Gasteiger partial charge < -0.3 is 5.32 Å². The molecule has 0 aliphatic heterocycles. The molecule has 0 radical (unpaired) electrons. The highest BCUT2D eigenvalue weighted by Crippen LogP contribution is 2.28. The molecule has 0 spiro atoms. The van der Waals surface area contributed by atoms with E-state index in [1.807, 2.05) is 19.2 Å². The molecular weight excluding hydrogens is 372 g/mol. The second-order valence-corrected chi connectivity index (χ2v) is 7.29. The van der Waals surface area contributed by atoms with Gasteiger partial charge in [0.25, 0.3) is 5.69 Å². The molecule has 0 saturated heterocycles. The fourth-order valence-electron chi connectivity index (χ4n) is 2.98. The van der Waals surface area contributed by atoms with Crippen molar-refractivity contribution in [2.45, 2.75) is 20.8 Å². The molecule has 3 rings (SSSR count). The number of nitro groups is 1. The first kappa shape index (κ1) is 19.3. The third-order valence-corrected chi connectivity index (χ3v) is 5.14. The minimum atomic E-state index is -0.437. The number of aromatic nitrogens is 1. The van der Waals surface area contributed by atoms with Crippen molar-refractivity contribution in [3.8, 4) is 17.3 Å². The van der Waals surface area contributed by atoms with Gasteiger partial charge in [-0.05, 0) is 44.0 Å². The first-order valence-electron chi connectivity index (χ1n) is 8.54. The lowest BCUT2D eigenvalue weighted by Gasteiger charge is -2.11. The highest BCUT2D eigenvalue weighted by molar-refractivity contribution is 7.11. The number of hydrogen-bond donors (Lipinski definition) is 1. The Balaban J connectivity index is 1.85. The van der Waals surface area contributed by atoms with Crippen LogP contribution < -0.4 is 5.32 Å². The second kappa shape index (κ2) is 8.03. The van der Waals surface area contributed by atoms with E-state index in [9.17, 15) is 15.4 Å². The fraction of sp³-hybridized carbons (Fsp3) is 0.143. The monoisotopic (exact) mass is 390 g/mol. The van der Waals surface area contributed by atoms with Crippen LogP contribution in [0.3, 0.4) is 0 Å². The van der Waals surface area contributed by atoms with Crippen molar-refractivity contribution in [3.63, 3.8) is 0 Å². The van der Waals surface area contributed by atoms with Crippen molar-refractivity contribution in [3.05, 3.63) is 79.8 Å². The zero-order valence-corrected chi connectivity index (χ0v) is 16.5. The molecule has 0 amide bonds. The Kier molecular flexibility index (Phi) is 5.52. The number of hydrogen-bond acceptors (Lipinski definition) is 6. The number of non-ortho nitro benzene ring substituents is 1. The first-order valence-corrected chi connectivity index (χ1v) is 9.42. The van der Waals surface area contributed by atoms with Crippen molar-refractivity contribution in [2.24, 2.45) is 0 Å². The Morgan fingerprint density at radius 1 is 1.21 bits per heavy atom. The summed E-state index contributed by atoms with van der Waals surface area (Å²) in [6.45, 7) is 6.10. The van der Waals surface area contributed by atoms with Crippen molar-refractivity contribution < 1.29 is 4.92 Å². The van der Waals surface area contributed by atoms with E-state index in [-0.39, 0.29) is 5.69 Å². The van der Waals surface area contributed by atoms with Gasteiger partial charge in [0.15, 0.2) is 0 Å². The van der Waals surface area contributed by atoms with Gasteiger partial charge in [0, 0.05) is 35.0 Å². The van der Waals surface area contributed by atoms with Crippen LogP contribution in [-0.4, -0.2) is 9.91 Å². The standard InChI is InChI=1S/C21H18N4O2S/c1-13-8-14(2)20(15(3)9-13)23-11-17(10-22)21-24-19(12-28-21)16-4-6-18(7-5-16)25(26)27/h4-9,11-12,23H,1-3H3/b17-11-. The summed E-state index contributed by atoms with van der Waals surface area (Å²) in [6, 6.07) is 12.6. The van der Waals surface area contributed by atoms with Crippen LogP contribution in [0.5, 0.6) is 0 Å². The van der Waals surface area contributed by atoms with Crippen molar-refractivity contribution in [1.82, 2.24) is 4.98 Å². The molecule has 3 aromatic rings. The Hall–Kier alpha value is -3.50. The summed E-state index contributed by atoms with van der Waals surface area (Å²) in [7, 11) is 0. The van der Waals surface area contributed by atoms with Gasteiger partial charge in [-0.25, -0.2) is 4.98 Å². The lowest BCUT2D eigenvalue weighted by molar-refractivity contribution is -0.384. The summed E-state index contributed by atoms with van der Waals surface area (Å²) in [5.74, 6) is 0. The van der Waals surface area contributed by atoms with Crippen LogP contribution in [0.2, 0.25) is 0 Å². The molecule has 0 fully saturated rings. The predicted molar refractivity (Wildman–Crippen MR) is 112 cm³/mol. The third-order valence-electron chi connectivity index (χ3n) is 4.27. The molecule has 0 saturated carbocycles. The number of benzene rings is 2. The topological polar surface area (TPSA) is 91.8 Å². The third kappa shape index (κ3) is 4.08. The second-order valence-electron chi connectivity index (χ2n) is 6.43. The number of nitrogens with zero attached hydrogens (tertiary/aromatic N) is 3. The van der Waals surface area contributed by atoms with Crippen molar-refractivity contribution >= 4 is 28.3 Å². The van der Waals surface area contributed by atoms with Gasteiger partial charge in [-0.2, -0.15) is 5.26 Å². The van der Waals surface area contributed by atoms with E-state index >= 15 is 0 Å².